The summed E-state index contributed by atoms with van der Waals surface area (Å²) in [6.45, 7) is 6.19. The SMILES string of the molecule is CCOc1ccc(OCC(=O)Nc2ccc(N3CCN(c4ccccc4)CC3)nc2)cc1. The first kappa shape index (κ1) is 21.5. The van der Waals surface area contributed by atoms with Crippen molar-refractivity contribution in [3.63, 3.8) is 0 Å². The van der Waals surface area contributed by atoms with Crippen LogP contribution in [0.25, 0.3) is 0 Å². The first-order valence-corrected chi connectivity index (χ1v) is 10.9. The minimum absolute atomic E-state index is 0.0722. The Morgan fingerprint density at radius 2 is 1.53 bits per heavy atom. The molecule has 1 fully saturated rings. The number of amides is 1. The van der Waals surface area contributed by atoms with Crippen LogP contribution in [0.5, 0.6) is 11.5 Å². The number of benzene rings is 2. The predicted molar refractivity (Wildman–Crippen MR) is 127 cm³/mol. The number of hydrogen-bond acceptors (Lipinski definition) is 6. The second-order valence-corrected chi connectivity index (χ2v) is 7.46. The van der Waals surface area contributed by atoms with Crippen molar-refractivity contribution in [1.82, 2.24) is 4.98 Å². The van der Waals surface area contributed by atoms with Crippen molar-refractivity contribution in [2.24, 2.45) is 0 Å². The Bertz CT molecular complexity index is 986. The van der Waals surface area contributed by atoms with Crippen LogP contribution < -0.4 is 24.6 Å². The molecule has 0 aliphatic carbocycles. The zero-order chi connectivity index (χ0) is 22.2. The van der Waals surface area contributed by atoms with Gasteiger partial charge >= 0.3 is 0 Å². The first-order chi connectivity index (χ1) is 15.7. The van der Waals surface area contributed by atoms with E-state index >= 15 is 0 Å². The van der Waals surface area contributed by atoms with Crippen LogP contribution in [0.4, 0.5) is 17.2 Å². The van der Waals surface area contributed by atoms with Gasteiger partial charge in [0.15, 0.2) is 6.61 Å². The molecule has 0 atom stereocenters. The number of nitrogens with one attached hydrogen (secondary N) is 1. The molecule has 0 spiro atoms. The maximum Gasteiger partial charge on any atom is 0.262 e. The van der Waals surface area contributed by atoms with Crippen LogP contribution in [0.2, 0.25) is 0 Å². The van der Waals surface area contributed by atoms with Crippen molar-refractivity contribution in [3.05, 3.63) is 72.9 Å². The van der Waals surface area contributed by atoms with E-state index in [4.69, 9.17) is 9.47 Å². The number of nitrogens with zero attached hydrogens (tertiary/aromatic N) is 3. The quantitative estimate of drug-likeness (QED) is 0.584. The van der Waals surface area contributed by atoms with Gasteiger partial charge in [-0.1, -0.05) is 18.2 Å². The summed E-state index contributed by atoms with van der Waals surface area (Å²) in [5, 5.41) is 2.82. The molecule has 0 saturated carbocycles. The maximum atomic E-state index is 12.2. The summed E-state index contributed by atoms with van der Waals surface area (Å²) in [7, 11) is 0. The van der Waals surface area contributed by atoms with Gasteiger partial charge in [-0.15, -0.1) is 0 Å². The Hall–Kier alpha value is -3.74. The van der Waals surface area contributed by atoms with Crippen molar-refractivity contribution in [2.75, 3.05) is 54.5 Å². The summed E-state index contributed by atoms with van der Waals surface area (Å²) in [6.07, 6.45) is 1.69. The molecule has 2 aromatic carbocycles. The number of ether oxygens (including phenoxy) is 2. The molecular weight excluding hydrogens is 404 g/mol. The van der Waals surface area contributed by atoms with Gasteiger partial charge in [-0.3, -0.25) is 4.79 Å². The molecule has 1 N–H and O–H groups in total. The van der Waals surface area contributed by atoms with Crippen LogP contribution in [-0.2, 0) is 4.79 Å². The van der Waals surface area contributed by atoms with E-state index in [0.29, 0.717) is 18.0 Å². The molecule has 1 aromatic heterocycles. The summed E-state index contributed by atoms with van der Waals surface area (Å²) >= 11 is 0. The van der Waals surface area contributed by atoms with Crippen molar-refractivity contribution < 1.29 is 14.3 Å². The predicted octanol–water partition coefficient (Wildman–Crippen LogP) is 3.82. The standard InChI is InChI=1S/C25H28N4O3/c1-2-31-22-9-11-23(12-10-22)32-19-25(30)27-20-8-13-24(26-18-20)29-16-14-28(15-17-29)21-6-4-3-5-7-21/h3-13,18H,2,14-17,19H2,1H3,(H,27,30). The molecule has 0 radical (unpaired) electrons. The van der Waals surface area contributed by atoms with Gasteiger partial charge in [-0.2, -0.15) is 0 Å². The highest BCUT2D eigenvalue weighted by Gasteiger charge is 2.18. The average Bonchev–Trinajstić information content (AvgIpc) is 2.85. The van der Waals surface area contributed by atoms with Crippen molar-refractivity contribution >= 4 is 23.1 Å². The molecule has 1 amide bonds. The molecule has 166 valence electrons. The molecule has 0 bridgehead atoms. The monoisotopic (exact) mass is 432 g/mol. The lowest BCUT2D eigenvalue weighted by atomic mass is 10.2. The lowest BCUT2D eigenvalue weighted by Gasteiger charge is -2.36. The molecule has 1 aliphatic heterocycles. The number of carbonyl (C=O) groups is 1. The zero-order valence-corrected chi connectivity index (χ0v) is 18.2. The van der Waals surface area contributed by atoms with Gasteiger partial charge < -0.3 is 24.6 Å². The fraction of sp³-hybridized carbons (Fsp3) is 0.280. The lowest BCUT2D eigenvalue weighted by Crippen LogP contribution is -2.46. The number of para-hydroxylation sites is 1. The van der Waals surface area contributed by atoms with Gasteiger partial charge in [0.25, 0.3) is 5.91 Å². The van der Waals surface area contributed by atoms with Crippen LogP contribution in [0, 0.1) is 0 Å². The van der Waals surface area contributed by atoms with E-state index in [-0.39, 0.29) is 12.5 Å². The number of aromatic nitrogens is 1. The third kappa shape index (κ3) is 5.69. The summed E-state index contributed by atoms with van der Waals surface area (Å²) in [5.74, 6) is 2.08. The summed E-state index contributed by atoms with van der Waals surface area (Å²) in [6, 6.07) is 21.5. The van der Waals surface area contributed by atoms with Gasteiger partial charge in [-0.25, -0.2) is 4.98 Å². The van der Waals surface area contributed by atoms with Crippen LogP contribution >= 0.6 is 0 Å². The van der Waals surface area contributed by atoms with E-state index < -0.39 is 0 Å². The Morgan fingerprint density at radius 3 is 2.16 bits per heavy atom. The highest BCUT2D eigenvalue weighted by molar-refractivity contribution is 5.91. The van der Waals surface area contributed by atoms with E-state index in [1.807, 2.05) is 37.3 Å². The van der Waals surface area contributed by atoms with Crippen molar-refractivity contribution in [1.29, 1.82) is 0 Å². The van der Waals surface area contributed by atoms with Crippen LogP contribution in [0.3, 0.4) is 0 Å². The van der Waals surface area contributed by atoms with Gasteiger partial charge in [0.1, 0.15) is 17.3 Å². The topological polar surface area (TPSA) is 66.9 Å². The zero-order valence-electron chi connectivity index (χ0n) is 18.2. The van der Waals surface area contributed by atoms with Gasteiger partial charge in [-0.05, 0) is 55.5 Å². The molecular formula is C25H28N4O3. The van der Waals surface area contributed by atoms with Crippen molar-refractivity contribution in [3.8, 4) is 11.5 Å². The molecule has 1 aliphatic rings. The Labute approximate surface area is 188 Å². The number of hydrogen-bond donors (Lipinski definition) is 1. The fourth-order valence-electron chi connectivity index (χ4n) is 3.62. The minimum atomic E-state index is -0.232. The highest BCUT2D eigenvalue weighted by atomic mass is 16.5. The van der Waals surface area contributed by atoms with Crippen LogP contribution in [0.15, 0.2) is 72.9 Å². The Kier molecular flexibility index (Phi) is 7.07. The van der Waals surface area contributed by atoms with Crippen molar-refractivity contribution in [2.45, 2.75) is 6.92 Å². The molecule has 0 unspecified atom stereocenters. The number of pyridine rings is 1. The van der Waals surface area contributed by atoms with E-state index in [0.717, 1.165) is 37.7 Å². The maximum absolute atomic E-state index is 12.2. The van der Waals surface area contributed by atoms with Crippen LogP contribution in [0.1, 0.15) is 6.92 Å². The van der Waals surface area contributed by atoms with Crippen LogP contribution in [-0.4, -0.2) is 50.3 Å². The number of carbonyl (C=O) groups excluding carboxylic acids is 1. The van der Waals surface area contributed by atoms with E-state index in [1.54, 1.807) is 18.3 Å². The largest absolute Gasteiger partial charge is 0.494 e. The molecule has 32 heavy (non-hydrogen) atoms. The molecule has 2 heterocycles. The normalized spacial score (nSPS) is 13.5. The first-order valence-electron chi connectivity index (χ1n) is 10.9. The summed E-state index contributed by atoms with van der Waals surface area (Å²) in [4.78, 5) is 21.4. The summed E-state index contributed by atoms with van der Waals surface area (Å²) < 4.78 is 10.9. The number of rotatable bonds is 8. The third-order valence-electron chi connectivity index (χ3n) is 5.26. The smallest absolute Gasteiger partial charge is 0.262 e. The van der Waals surface area contributed by atoms with Gasteiger partial charge in [0, 0.05) is 31.9 Å². The Balaban J connectivity index is 1.23. The second-order valence-electron chi connectivity index (χ2n) is 7.46. The molecule has 1 saturated heterocycles. The molecule has 4 rings (SSSR count). The number of anilines is 3. The summed E-state index contributed by atoms with van der Waals surface area (Å²) in [5.41, 5.74) is 1.91. The second kappa shape index (κ2) is 10.5. The molecule has 7 nitrogen and oxygen atoms in total. The van der Waals surface area contributed by atoms with Gasteiger partial charge in [0.2, 0.25) is 0 Å². The van der Waals surface area contributed by atoms with E-state index in [9.17, 15) is 4.79 Å². The molecule has 3 aromatic rings. The van der Waals surface area contributed by atoms with E-state index in [2.05, 4.69) is 44.4 Å². The lowest BCUT2D eigenvalue weighted by molar-refractivity contribution is -0.118. The molecule has 7 heteroatoms. The minimum Gasteiger partial charge on any atom is -0.494 e. The fourth-order valence-corrected chi connectivity index (χ4v) is 3.62. The highest BCUT2D eigenvalue weighted by Crippen LogP contribution is 2.20. The third-order valence-corrected chi connectivity index (χ3v) is 5.26. The Morgan fingerprint density at radius 1 is 0.875 bits per heavy atom. The van der Waals surface area contributed by atoms with Gasteiger partial charge in [0.05, 0.1) is 18.5 Å². The number of piperazine rings is 1. The van der Waals surface area contributed by atoms with E-state index in [1.165, 1.54) is 5.69 Å². The average molecular weight is 433 g/mol.